The highest BCUT2D eigenvalue weighted by molar-refractivity contribution is 7.89. The Hall–Kier alpha value is -2.07. The van der Waals surface area contributed by atoms with Crippen molar-refractivity contribution >= 4 is 27.5 Å². The van der Waals surface area contributed by atoms with E-state index in [-0.39, 0.29) is 15.8 Å². The average molecular weight is 511 g/mol. The molecule has 0 aliphatic carbocycles. The van der Waals surface area contributed by atoms with E-state index in [2.05, 4.69) is 15.6 Å². The van der Waals surface area contributed by atoms with Crippen LogP contribution in [0.25, 0.3) is 0 Å². The number of sulfonamides is 1. The van der Waals surface area contributed by atoms with Gasteiger partial charge in [0.25, 0.3) is 5.91 Å². The van der Waals surface area contributed by atoms with Crippen LogP contribution in [0.1, 0.15) is 53.8 Å². The van der Waals surface area contributed by atoms with Gasteiger partial charge in [0.1, 0.15) is 11.4 Å². The molecule has 188 valence electrons. The van der Waals surface area contributed by atoms with Crippen LogP contribution in [0.5, 0.6) is 5.75 Å². The number of unbranched alkanes of at least 4 members (excludes halogenated alkanes) is 1. The van der Waals surface area contributed by atoms with Gasteiger partial charge in [0, 0.05) is 31.9 Å². The summed E-state index contributed by atoms with van der Waals surface area (Å²) in [5, 5.41) is 6.36. The van der Waals surface area contributed by atoms with Crippen LogP contribution in [0.4, 0.5) is 0 Å². The van der Waals surface area contributed by atoms with Gasteiger partial charge in [-0.15, -0.1) is 0 Å². The largest absolute Gasteiger partial charge is 0.495 e. The van der Waals surface area contributed by atoms with E-state index in [1.807, 2.05) is 20.0 Å². The second-order valence-electron chi connectivity index (χ2n) is 8.76. The lowest BCUT2D eigenvalue weighted by Crippen LogP contribution is -2.38. The summed E-state index contributed by atoms with van der Waals surface area (Å²) in [5.41, 5.74) is 2.69. The first-order valence-corrected chi connectivity index (χ1v) is 13.5. The van der Waals surface area contributed by atoms with Crippen molar-refractivity contribution in [3.63, 3.8) is 0 Å². The molecule has 1 amide bonds. The standard InChI is InChI=1S/C24H35ClN4O4S/c1-17-19(16-26-2)14-22(28-17)24(30)27-11-5-4-6-18-9-12-29(13-10-18)34(31,32)20-7-8-23(33-3)21(25)15-20/h7-8,14-15,18,26,28H,4-6,9-13,16H2,1-3H3,(H,27,30). The summed E-state index contributed by atoms with van der Waals surface area (Å²) in [7, 11) is -0.186. The molecule has 1 aromatic carbocycles. The molecule has 34 heavy (non-hydrogen) atoms. The highest BCUT2D eigenvalue weighted by atomic mass is 35.5. The molecule has 2 aromatic rings. The number of amides is 1. The number of nitrogens with one attached hydrogen (secondary N) is 3. The predicted molar refractivity (Wildman–Crippen MR) is 134 cm³/mol. The van der Waals surface area contributed by atoms with E-state index in [0.717, 1.165) is 49.9 Å². The Bertz CT molecular complexity index is 1080. The fourth-order valence-corrected chi connectivity index (χ4v) is 6.17. The van der Waals surface area contributed by atoms with Gasteiger partial charge in [-0.25, -0.2) is 8.42 Å². The first-order chi connectivity index (χ1) is 16.3. The topological polar surface area (TPSA) is 104 Å². The zero-order chi connectivity index (χ0) is 24.7. The fourth-order valence-electron chi connectivity index (χ4n) is 4.35. The number of hydrogen-bond acceptors (Lipinski definition) is 5. The number of carbonyl (C=O) groups is 1. The lowest BCUT2D eigenvalue weighted by Gasteiger charge is -2.31. The summed E-state index contributed by atoms with van der Waals surface area (Å²) < 4.78 is 32.6. The van der Waals surface area contributed by atoms with Gasteiger partial charge in [-0.3, -0.25) is 4.79 Å². The van der Waals surface area contributed by atoms with Crippen molar-refractivity contribution in [3.05, 3.63) is 46.2 Å². The summed E-state index contributed by atoms with van der Waals surface area (Å²) in [6, 6.07) is 6.46. The SMILES string of the molecule is CNCc1cc(C(=O)NCCCCC2CCN(S(=O)(=O)c3ccc(OC)c(Cl)c3)CC2)[nH]c1C. The summed E-state index contributed by atoms with van der Waals surface area (Å²) >= 11 is 6.12. The van der Waals surface area contributed by atoms with Crippen molar-refractivity contribution in [2.24, 2.45) is 5.92 Å². The normalized spacial score (nSPS) is 15.4. The Morgan fingerprint density at radius 2 is 1.97 bits per heavy atom. The number of aromatic nitrogens is 1. The third kappa shape index (κ3) is 6.53. The molecule has 1 saturated heterocycles. The van der Waals surface area contributed by atoms with Crippen molar-refractivity contribution in [3.8, 4) is 5.75 Å². The van der Waals surface area contributed by atoms with E-state index < -0.39 is 10.0 Å². The Morgan fingerprint density at radius 1 is 1.24 bits per heavy atom. The van der Waals surface area contributed by atoms with Crippen LogP contribution in [0, 0.1) is 12.8 Å². The Morgan fingerprint density at radius 3 is 2.62 bits per heavy atom. The Kier molecular flexibility index (Phi) is 9.41. The number of rotatable bonds is 11. The first kappa shape index (κ1) is 26.5. The minimum absolute atomic E-state index is 0.0809. The monoisotopic (exact) mass is 510 g/mol. The van der Waals surface area contributed by atoms with E-state index in [1.54, 1.807) is 10.4 Å². The van der Waals surface area contributed by atoms with Crippen molar-refractivity contribution in [2.75, 3.05) is 33.8 Å². The maximum absolute atomic E-state index is 13.0. The maximum Gasteiger partial charge on any atom is 0.267 e. The molecule has 0 unspecified atom stereocenters. The minimum Gasteiger partial charge on any atom is -0.495 e. The molecule has 3 rings (SSSR count). The zero-order valence-corrected chi connectivity index (χ0v) is 21.7. The number of aromatic amines is 1. The van der Waals surface area contributed by atoms with Crippen molar-refractivity contribution < 1.29 is 17.9 Å². The average Bonchev–Trinajstić information content (AvgIpc) is 3.19. The number of hydrogen-bond donors (Lipinski definition) is 3. The number of halogens is 1. The lowest BCUT2D eigenvalue weighted by molar-refractivity contribution is 0.0948. The van der Waals surface area contributed by atoms with Gasteiger partial charge in [0.05, 0.1) is 17.0 Å². The number of methoxy groups -OCH3 is 1. The number of piperidine rings is 1. The molecular weight excluding hydrogens is 476 g/mol. The first-order valence-electron chi connectivity index (χ1n) is 11.7. The molecule has 8 nitrogen and oxygen atoms in total. The smallest absolute Gasteiger partial charge is 0.267 e. The molecule has 0 atom stereocenters. The van der Waals surface area contributed by atoms with Crippen molar-refractivity contribution in [1.82, 2.24) is 19.9 Å². The third-order valence-electron chi connectivity index (χ3n) is 6.39. The molecule has 10 heteroatoms. The maximum atomic E-state index is 13.0. The van der Waals surface area contributed by atoms with Crippen LogP contribution >= 0.6 is 11.6 Å². The number of ether oxygens (including phenoxy) is 1. The quantitative estimate of drug-likeness (QED) is 0.400. The molecular formula is C24H35ClN4O4S. The molecule has 2 heterocycles. The van der Waals surface area contributed by atoms with Gasteiger partial charge < -0.3 is 20.4 Å². The highest BCUT2D eigenvalue weighted by Gasteiger charge is 2.29. The molecule has 0 bridgehead atoms. The van der Waals surface area contributed by atoms with Gasteiger partial charge in [0.15, 0.2) is 0 Å². The van der Waals surface area contributed by atoms with Gasteiger partial charge in [0.2, 0.25) is 10.0 Å². The number of carbonyl (C=O) groups excluding carboxylic acids is 1. The number of nitrogens with zero attached hydrogens (tertiary/aromatic N) is 1. The third-order valence-corrected chi connectivity index (χ3v) is 8.58. The minimum atomic E-state index is -3.56. The highest BCUT2D eigenvalue weighted by Crippen LogP contribution is 2.31. The summed E-state index contributed by atoms with van der Waals surface area (Å²) in [6.07, 6.45) is 4.61. The molecule has 0 spiro atoms. The second-order valence-corrected chi connectivity index (χ2v) is 11.1. The molecule has 0 saturated carbocycles. The predicted octanol–water partition coefficient (Wildman–Crippen LogP) is 3.71. The van der Waals surface area contributed by atoms with Crippen LogP contribution in [-0.4, -0.2) is 57.4 Å². The van der Waals surface area contributed by atoms with Gasteiger partial charge in [-0.05, 0) is 69.0 Å². The summed E-state index contributed by atoms with van der Waals surface area (Å²) in [6.45, 7) is 4.34. The number of benzene rings is 1. The summed E-state index contributed by atoms with van der Waals surface area (Å²) in [5.74, 6) is 0.872. The van der Waals surface area contributed by atoms with E-state index in [0.29, 0.717) is 37.0 Å². The Labute approximate surface area is 207 Å². The van der Waals surface area contributed by atoms with E-state index in [1.165, 1.54) is 19.2 Å². The van der Waals surface area contributed by atoms with Crippen LogP contribution in [0.15, 0.2) is 29.2 Å². The molecule has 1 aromatic heterocycles. The van der Waals surface area contributed by atoms with Crippen LogP contribution in [-0.2, 0) is 16.6 Å². The molecule has 1 aliphatic heterocycles. The lowest BCUT2D eigenvalue weighted by atomic mass is 9.92. The number of H-pyrrole nitrogens is 1. The van der Waals surface area contributed by atoms with Crippen molar-refractivity contribution in [2.45, 2.75) is 50.5 Å². The van der Waals surface area contributed by atoms with Gasteiger partial charge in [-0.2, -0.15) is 4.31 Å². The zero-order valence-electron chi connectivity index (χ0n) is 20.1. The number of aryl methyl sites for hydroxylation is 1. The fraction of sp³-hybridized carbons (Fsp3) is 0.542. The van der Waals surface area contributed by atoms with Gasteiger partial charge in [-0.1, -0.05) is 24.4 Å². The molecule has 3 N–H and O–H groups in total. The Balaban J connectivity index is 1.38. The van der Waals surface area contributed by atoms with E-state index in [4.69, 9.17) is 16.3 Å². The van der Waals surface area contributed by atoms with Crippen LogP contribution in [0.2, 0.25) is 5.02 Å². The summed E-state index contributed by atoms with van der Waals surface area (Å²) in [4.78, 5) is 15.7. The van der Waals surface area contributed by atoms with E-state index >= 15 is 0 Å². The van der Waals surface area contributed by atoms with Gasteiger partial charge >= 0.3 is 0 Å². The van der Waals surface area contributed by atoms with Crippen LogP contribution in [0.3, 0.4) is 0 Å². The van der Waals surface area contributed by atoms with E-state index in [9.17, 15) is 13.2 Å². The molecule has 1 aliphatic rings. The van der Waals surface area contributed by atoms with Crippen molar-refractivity contribution in [1.29, 1.82) is 0 Å². The molecule has 0 radical (unpaired) electrons. The second kappa shape index (κ2) is 12.1. The van der Waals surface area contributed by atoms with Crippen LogP contribution < -0.4 is 15.4 Å². The molecule has 1 fully saturated rings.